The monoisotopic (exact) mass is 475 g/mol. The summed E-state index contributed by atoms with van der Waals surface area (Å²) in [6, 6.07) is 11.8. The van der Waals surface area contributed by atoms with Crippen LogP contribution < -0.4 is 15.0 Å². The standard InChI is InChI=1S/C24H33N3O5S/c1-5-26(6-2)23-12-11-21(33(29,30)27-13-15-31-16-14-27)17-22(23)25-24(28)19-7-9-20(10-8-19)32-18(3)4/h7-12,17-18H,5-6,13-16H2,1-4H3,(H,25,28). The molecule has 0 atom stereocenters. The average Bonchev–Trinajstić information content (AvgIpc) is 2.81. The van der Waals surface area contributed by atoms with Crippen molar-refractivity contribution >= 4 is 27.3 Å². The summed E-state index contributed by atoms with van der Waals surface area (Å²) in [5.41, 5.74) is 1.69. The number of amides is 1. The molecule has 1 amide bonds. The van der Waals surface area contributed by atoms with Crippen LogP contribution in [0.3, 0.4) is 0 Å². The first-order valence-corrected chi connectivity index (χ1v) is 12.7. The van der Waals surface area contributed by atoms with Gasteiger partial charge < -0.3 is 19.7 Å². The lowest BCUT2D eigenvalue weighted by atomic mass is 10.2. The number of hydrogen-bond donors (Lipinski definition) is 1. The minimum atomic E-state index is -3.69. The van der Waals surface area contributed by atoms with E-state index in [2.05, 4.69) is 10.2 Å². The van der Waals surface area contributed by atoms with Crippen molar-refractivity contribution in [1.82, 2.24) is 4.31 Å². The Hall–Kier alpha value is -2.62. The predicted molar refractivity (Wildman–Crippen MR) is 130 cm³/mol. The minimum absolute atomic E-state index is 0.0393. The Morgan fingerprint density at radius 1 is 1.09 bits per heavy atom. The molecule has 0 bridgehead atoms. The van der Waals surface area contributed by atoms with Gasteiger partial charge in [-0.3, -0.25) is 4.79 Å². The van der Waals surface area contributed by atoms with Crippen molar-refractivity contribution in [2.24, 2.45) is 0 Å². The lowest BCUT2D eigenvalue weighted by Crippen LogP contribution is -2.40. The number of carbonyl (C=O) groups excluding carboxylic acids is 1. The summed E-state index contributed by atoms with van der Waals surface area (Å²) < 4.78 is 38.7. The Morgan fingerprint density at radius 3 is 2.30 bits per heavy atom. The molecule has 1 fully saturated rings. The third kappa shape index (κ3) is 6.04. The van der Waals surface area contributed by atoms with Crippen LogP contribution in [-0.2, 0) is 14.8 Å². The average molecular weight is 476 g/mol. The van der Waals surface area contributed by atoms with Crippen molar-refractivity contribution in [2.45, 2.75) is 38.7 Å². The molecule has 0 unspecified atom stereocenters. The Kier molecular flexibility index (Phi) is 8.34. The molecule has 8 nitrogen and oxygen atoms in total. The molecule has 2 aromatic carbocycles. The van der Waals surface area contributed by atoms with Crippen molar-refractivity contribution < 1.29 is 22.7 Å². The molecule has 1 aliphatic rings. The van der Waals surface area contributed by atoms with Gasteiger partial charge in [-0.05, 0) is 70.2 Å². The van der Waals surface area contributed by atoms with E-state index in [1.807, 2.05) is 27.7 Å². The highest BCUT2D eigenvalue weighted by atomic mass is 32.2. The van der Waals surface area contributed by atoms with Crippen molar-refractivity contribution in [3.05, 3.63) is 48.0 Å². The summed E-state index contributed by atoms with van der Waals surface area (Å²) in [7, 11) is -3.69. The molecule has 0 aromatic heterocycles. The van der Waals surface area contributed by atoms with Gasteiger partial charge >= 0.3 is 0 Å². The molecule has 1 N–H and O–H groups in total. The van der Waals surface area contributed by atoms with E-state index in [-0.39, 0.29) is 16.9 Å². The van der Waals surface area contributed by atoms with Crippen molar-refractivity contribution in [2.75, 3.05) is 49.6 Å². The highest BCUT2D eigenvalue weighted by Crippen LogP contribution is 2.31. The summed E-state index contributed by atoms with van der Waals surface area (Å²) in [5.74, 6) is 0.365. The normalized spacial score (nSPS) is 14.8. The maximum absolute atomic E-state index is 13.2. The fourth-order valence-electron chi connectivity index (χ4n) is 3.70. The summed E-state index contributed by atoms with van der Waals surface area (Å²) >= 11 is 0. The first-order valence-electron chi connectivity index (χ1n) is 11.3. The van der Waals surface area contributed by atoms with E-state index in [9.17, 15) is 13.2 Å². The SMILES string of the molecule is CCN(CC)c1ccc(S(=O)(=O)N2CCOCC2)cc1NC(=O)c1ccc(OC(C)C)cc1. The van der Waals surface area contributed by atoms with Gasteiger partial charge in [0.15, 0.2) is 0 Å². The van der Waals surface area contributed by atoms with Crippen LogP contribution in [0, 0.1) is 0 Å². The van der Waals surface area contributed by atoms with Crippen LogP contribution in [0.2, 0.25) is 0 Å². The third-order valence-corrected chi connectivity index (χ3v) is 7.31. The number of carbonyl (C=O) groups is 1. The van der Waals surface area contributed by atoms with Crippen LogP contribution in [0.4, 0.5) is 11.4 Å². The van der Waals surface area contributed by atoms with E-state index in [1.54, 1.807) is 42.5 Å². The molecule has 0 aliphatic carbocycles. The zero-order valence-corrected chi connectivity index (χ0v) is 20.5. The summed E-state index contributed by atoms with van der Waals surface area (Å²) in [6.45, 7) is 10.7. The van der Waals surface area contributed by atoms with E-state index in [1.165, 1.54) is 4.31 Å². The molecule has 0 spiro atoms. The van der Waals surface area contributed by atoms with Crippen molar-refractivity contribution in [3.8, 4) is 5.75 Å². The van der Waals surface area contributed by atoms with E-state index < -0.39 is 10.0 Å². The molecule has 3 rings (SSSR count). The molecule has 180 valence electrons. The second-order valence-electron chi connectivity index (χ2n) is 8.01. The summed E-state index contributed by atoms with van der Waals surface area (Å²) in [6.07, 6.45) is 0.0393. The zero-order valence-electron chi connectivity index (χ0n) is 19.7. The number of hydrogen-bond acceptors (Lipinski definition) is 6. The first kappa shape index (κ1) is 25.0. The lowest BCUT2D eigenvalue weighted by molar-refractivity contribution is 0.0730. The highest BCUT2D eigenvalue weighted by Gasteiger charge is 2.27. The van der Waals surface area contributed by atoms with Crippen LogP contribution >= 0.6 is 0 Å². The second kappa shape index (κ2) is 11.0. The first-order chi connectivity index (χ1) is 15.8. The molecule has 2 aromatic rings. The number of rotatable bonds is 9. The van der Waals surface area contributed by atoms with Crippen molar-refractivity contribution in [1.29, 1.82) is 0 Å². The van der Waals surface area contributed by atoms with Crippen LogP contribution in [0.1, 0.15) is 38.1 Å². The summed E-state index contributed by atoms with van der Waals surface area (Å²) in [5, 5.41) is 2.92. The van der Waals surface area contributed by atoms with E-state index in [4.69, 9.17) is 9.47 Å². The van der Waals surface area contributed by atoms with Gasteiger partial charge in [0.05, 0.1) is 35.6 Å². The molecular formula is C24H33N3O5S. The fraction of sp³-hybridized carbons (Fsp3) is 0.458. The quantitative estimate of drug-likeness (QED) is 0.596. The van der Waals surface area contributed by atoms with Gasteiger partial charge in [0.1, 0.15) is 5.75 Å². The Labute approximate surface area is 196 Å². The topological polar surface area (TPSA) is 88.2 Å². The van der Waals surface area contributed by atoms with Gasteiger partial charge in [0.25, 0.3) is 5.91 Å². The van der Waals surface area contributed by atoms with Gasteiger partial charge in [0, 0.05) is 31.7 Å². The van der Waals surface area contributed by atoms with Gasteiger partial charge in [-0.2, -0.15) is 4.31 Å². The van der Waals surface area contributed by atoms with Crippen molar-refractivity contribution in [3.63, 3.8) is 0 Å². The van der Waals surface area contributed by atoms with Crippen LogP contribution in [0.5, 0.6) is 5.75 Å². The largest absolute Gasteiger partial charge is 0.491 e. The van der Waals surface area contributed by atoms with E-state index in [0.29, 0.717) is 43.3 Å². The third-order valence-electron chi connectivity index (χ3n) is 5.42. The van der Waals surface area contributed by atoms with Crippen LogP contribution in [0.15, 0.2) is 47.4 Å². The Morgan fingerprint density at radius 2 is 1.73 bits per heavy atom. The number of ether oxygens (including phenoxy) is 2. The molecule has 0 radical (unpaired) electrons. The molecular weight excluding hydrogens is 442 g/mol. The number of anilines is 2. The number of benzene rings is 2. The molecule has 1 saturated heterocycles. The Bertz CT molecular complexity index is 1040. The second-order valence-corrected chi connectivity index (χ2v) is 9.95. The molecule has 1 heterocycles. The van der Waals surface area contributed by atoms with E-state index in [0.717, 1.165) is 18.8 Å². The lowest BCUT2D eigenvalue weighted by Gasteiger charge is -2.28. The van der Waals surface area contributed by atoms with Crippen LogP contribution in [-0.4, -0.2) is 64.1 Å². The number of nitrogens with zero attached hydrogens (tertiary/aromatic N) is 2. The molecule has 0 saturated carbocycles. The van der Waals surface area contributed by atoms with Gasteiger partial charge in [-0.1, -0.05) is 0 Å². The molecule has 33 heavy (non-hydrogen) atoms. The maximum atomic E-state index is 13.2. The Balaban J connectivity index is 1.92. The molecule has 9 heteroatoms. The van der Waals surface area contributed by atoms with Crippen LogP contribution in [0.25, 0.3) is 0 Å². The molecule has 1 aliphatic heterocycles. The highest BCUT2D eigenvalue weighted by molar-refractivity contribution is 7.89. The van der Waals surface area contributed by atoms with Gasteiger partial charge in [0.2, 0.25) is 10.0 Å². The maximum Gasteiger partial charge on any atom is 0.255 e. The minimum Gasteiger partial charge on any atom is -0.491 e. The van der Waals surface area contributed by atoms with Gasteiger partial charge in [-0.15, -0.1) is 0 Å². The van der Waals surface area contributed by atoms with E-state index >= 15 is 0 Å². The summed E-state index contributed by atoms with van der Waals surface area (Å²) in [4.78, 5) is 15.2. The number of nitrogens with one attached hydrogen (secondary N) is 1. The van der Waals surface area contributed by atoms with Gasteiger partial charge in [-0.25, -0.2) is 8.42 Å². The number of sulfonamides is 1. The predicted octanol–water partition coefficient (Wildman–Crippen LogP) is 3.59. The number of morpholine rings is 1. The fourth-order valence-corrected chi connectivity index (χ4v) is 5.14. The zero-order chi connectivity index (χ0) is 24.0. The smallest absolute Gasteiger partial charge is 0.255 e.